The fourth-order valence-corrected chi connectivity index (χ4v) is 5.10. The smallest absolute Gasteiger partial charge is 0.462 e. The normalized spacial score (nSPS) is 14.6. The maximum atomic E-state index is 12.6. The molecule has 0 spiro atoms. The highest BCUT2D eigenvalue weighted by atomic mass is 32.2. The van der Waals surface area contributed by atoms with Crippen LogP contribution in [0.25, 0.3) is 0 Å². The van der Waals surface area contributed by atoms with Gasteiger partial charge in [0.25, 0.3) is 0 Å². The van der Waals surface area contributed by atoms with Crippen molar-refractivity contribution in [2.24, 2.45) is 0 Å². The molecule has 1 heterocycles. The Bertz CT molecular complexity index is 1920. The zero-order valence-electron chi connectivity index (χ0n) is 28.8. The Morgan fingerprint density at radius 2 is 1.43 bits per heavy atom. The number of rotatable bonds is 11. The first kappa shape index (κ1) is 41.9. The lowest BCUT2D eigenvalue weighted by Gasteiger charge is -2.40. The summed E-state index contributed by atoms with van der Waals surface area (Å²) >= 11 is 0. The summed E-state index contributed by atoms with van der Waals surface area (Å²) in [6.45, 7) is 4.53. The predicted octanol–water partition coefficient (Wildman–Crippen LogP) is 5.44. The van der Waals surface area contributed by atoms with Crippen LogP contribution in [0.5, 0.6) is 5.75 Å². The number of nitrogens with zero attached hydrogens (tertiary/aromatic N) is 1. The number of carbonyl (C=O) groups is 4. The second kappa shape index (κ2) is 17.8. The van der Waals surface area contributed by atoms with Gasteiger partial charge in [-0.2, -0.15) is 21.6 Å². The molecule has 4 rings (SSSR count). The summed E-state index contributed by atoms with van der Waals surface area (Å²) in [5, 5.41) is 10.6. The molecule has 1 fully saturated rings. The number of ether oxygens (including phenoxy) is 3. The number of aliphatic hydroxyl groups is 1. The fourth-order valence-electron chi connectivity index (χ4n) is 4.64. The van der Waals surface area contributed by atoms with Gasteiger partial charge in [0.2, 0.25) is 5.91 Å². The number of β-lactam (4-membered cyclic amide) rings is 1. The van der Waals surface area contributed by atoms with E-state index in [4.69, 9.17) is 14.2 Å². The first-order valence-electron chi connectivity index (χ1n) is 15.7. The molecule has 1 N–H and O–H groups in total. The van der Waals surface area contributed by atoms with Gasteiger partial charge in [0.05, 0.1) is 12.5 Å². The van der Waals surface area contributed by atoms with Gasteiger partial charge in [0, 0.05) is 32.0 Å². The first-order valence-corrected chi connectivity index (χ1v) is 17.1. The lowest BCUT2D eigenvalue weighted by atomic mass is 9.92. The van der Waals surface area contributed by atoms with E-state index in [0.717, 1.165) is 31.5 Å². The highest BCUT2D eigenvalue weighted by molar-refractivity contribution is 7.88. The number of benzene rings is 3. The molecule has 1 aliphatic heterocycles. The van der Waals surface area contributed by atoms with Crippen LogP contribution in [0.1, 0.15) is 69.4 Å². The molecule has 2 atom stereocenters. The summed E-state index contributed by atoms with van der Waals surface area (Å²) < 4.78 is 91.2. The van der Waals surface area contributed by atoms with Gasteiger partial charge in [-0.1, -0.05) is 43.0 Å². The van der Waals surface area contributed by atoms with E-state index in [-0.39, 0.29) is 30.2 Å². The van der Waals surface area contributed by atoms with E-state index < -0.39 is 58.2 Å². The Kier molecular flexibility index (Phi) is 14.1. The molecule has 3 aromatic rings. The molecule has 284 valence electrons. The molecule has 17 heteroatoms. The fraction of sp³-hybridized carbons (Fsp3) is 0.333. The second-order valence-corrected chi connectivity index (χ2v) is 13.0. The van der Waals surface area contributed by atoms with Gasteiger partial charge in [-0.05, 0) is 66.1 Å². The van der Waals surface area contributed by atoms with Gasteiger partial charge in [0.15, 0.2) is 5.60 Å². The molecule has 2 unspecified atom stereocenters. The first-order chi connectivity index (χ1) is 24.7. The zero-order valence-corrected chi connectivity index (χ0v) is 29.6. The van der Waals surface area contributed by atoms with Crippen molar-refractivity contribution in [1.29, 1.82) is 0 Å². The highest BCUT2D eigenvalue weighted by Gasteiger charge is 2.48. The summed E-state index contributed by atoms with van der Waals surface area (Å²) in [5.74, 6) is 2.50. The number of hydrogen-bond donors (Lipinski definition) is 1. The van der Waals surface area contributed by atoms with Crippen molar-refractivity contribution in [3.63, 3.8) is 0 Å². The number of alkyl halides is 3. The number of anilines is 1. The average Bonchev–Trinajstić information content (AvgIpc) is 3.08. The van der Waals surface area contributed by atoms with Crippen molar-refractivity contribution in [3.05, 3.63) is 95.3 Å². The summed E-state index contributed by atoms with van der Waals surface area (Å²) in [6.07, 6.45) is 0.565. The Morgan fingerprint density at radius 1 is 0.887 bits per heavy atom. The molecule has 3 aromatic carbocycles. The monoisotopic (exact) mass is 765 g/mol. The van der Waals surface area contributed by atoms with Gasteiger partial charge >= 0.3 is 33.5 Å². The quantitative estimate of drug-likeness (QED) is 0.0503. The third-order valence-corrected chi connectivity index (χ3v) is 8.22. The van der Waals surface area contributed by atoms with E-state index in [9.17, 15) is 50.3 Å². The molecule has 0 bridgehead atoms. The van der Waals surface area contributed by atoms with Crippen molar-refractivity contribution < 1.29 is 68.7 Å². The number of halogens is 4. The van der Waals surface area contributed by atoms with Crippen molar-refractivity contribution in [1.82, 2.24) is 0 Å². The predicted molar refractivity (Wildman–Crippen MR) is 180 cm³/mol. The van der Waals surface area contributed by atoms with Crippen LogP contribution in [-0.4, -0.2) is 61.7 Å². The number of amides is 1. The van der Waals surface area contributed by atoms with E-state index in [1.807, 2.05) is 6.92 Å². The molecular weight excluding hydrogens is 730 g/mol. The van der Waals surface area contributed by atoms with Gasteiger partial charge < -0.3 is 28.4 Å². The van der Waals surface area contributed by atoms with Gasteiger partial charge in [-0.15, -0.1) is 0 Å². The minimum atomic E-state index is -5.82. The molecule has 1 aliphatic rings. The molecule has 1 saturated heterocycles. The maximum absolute atomic E-state index is 12.6. The van der Waals surface area contributed by atoms with Crippen LogP contribution in [0.2, 0.25) is 0 Å². The summed E-state index contributed by atoms with van der Waals surface area (Å²) in [6, 6.07) is 16.7. The number of esters is 3. The summed E-state index contributed by atoms with van der Waals surface area (Å²) in [5.41, 5.74) is -5.23. The van der Waals surface area contributed by atoms with E-state index >= 15 is 0 Å². The Labute approximate surface area is 302 Å². The van der Waals surface area contributed by atoms with Crippen molar-refractivity contribution >= 4 is 39.6 Å². The van der Waals surface area contributed by atoms with Crippen LogP contribution in [0.4, 0.5) is 23.2 Å². The van der Waals surface area contributed by atoms with E-state index in [0.29, 0.717) is 23.2 Å². The number of hydrogen-bond acceptors (Lipinski definition) is 11. The van der Waals surface area contributed by atoms with Crippen LogP contribution in [-0.2, 0) is 43.5 Å². The summed E-state index contributed by atoms with van der Waals surface area (Å²) in [7, 11) is -5.82. The topological polar surface area (TPSA) is 163 Å². The average molecular weight is 766 g/mol. The lowest BCUT2D eigenvalue weighted by molar-refractivity contribution is -0.154. The second-order valence-electron chi connectivity index (χ2n) is 11.5. The molecule has 1 amide bonds. The maximum Gasteiger partial charge on any atom is 0.534 e. The van der Waals surface area contributed by atoms with Crippen LogP contribution in [0, 0.1) is 17.7 Å². The molecule has 0 saturated carbocycles. The van der Waals surface area contributed by atoms with Gasteiger partial charge in [0.1, 0.15) is 30.9 Å². The molecular formula is C36H35F4NO11S. The van der Waals surface area contributed by atoms with Crippen LogP contribution < -0.4 is 9.08 Å². The summed E-state index contributed by atoms with van der Waals surface area (Å²) in [4.78, 5) is 46.7. The van der Waals surface area contributed by atoms with E-state index in [1.165, 1.54) is 36.1 Å². The largest absolute Gasteiger partial charge is 0.534 e. The van der Waals surface area contributed by atoms with Crippen molar-refractivity contribution in [2.75, 3.05) is 18.1 Å². The molecule has 12 nitrogen and oxygen atoms in total. The van der Waals surface area contributed by atoms with Crippen LogP contribution in [0.15, 0.2) is 72.8 Å². The van der Waals surface area contributed by atoms with Gasteiger partial charge in [-0.25, -0.2) is 4.39 Å². The Balaban J connectivity index is 0.000000452. The minimum absolute atomic E-state index is 0.149. The standard InChI is InChI=1S/C25H22F3NO9S.C11H13FO2/c1-16(30)36-14-24(33,15-37-17(2)31)12-11-18-3-5-19(6-4-18)22-13-23(32)29(22)20-7-9-21(10-8-20)38-39(34,35)25(26,27)28;1-3-11(14-8(2)13)9-4-6-10(12)7-5-9/h3-10,22,33H,13-15H2,1-2H3;4-7,11H,3H2,1-2H3. The Morgan fingerprint density at radius 3 is 1.89 bits per heavy atom. The zero-order chi connectivity index (χ0) is 39.6. The Hall–Kier alpha value is -5.47. The third-order valence-electron chi connectivity index (χ3n) is 7.24. The number of carbonyl (C=O) groups excluding carboxylic acids is 4. The van der Waals surface area contributed by atoms with Crippen LogP contribution >= 0.6 is 0 Å². The molecule has 53 heavy (non-hydrogen) atoms. The third kappa shape index (κ3) is 12.3. The lowest BCUT2D eigenvalue weighted by Crippen LogP contribution is -2.46. The highest BCUT2D eigenvalue weighted by Crippen LogP contribution is 2.39. The SMILES string of the molecule is CC(=O)OCC(O)(C#Cc1ccc(C2CC(=O)N2c2ccc(OS(=O)(=O)C(F)(F)F)cc2)cc1)COC(C)=O.CCC(OC(C)=O)c1ccc(F)cc1. The molecule has 0 aromatic heterocycles. The van der Waals surface area contributed by atoms with Gasteiger partial charge in [-0.3, -0.25) is 19.2 Å². The molecule has 0 aliphatic carbocycles. The van der Waals surface area contributed by atoms with Crippen molar-refractivity contribution in [3.8, 4) is 17.6 Å². The van der Waals surface area contributed by atoms with E-state index in [1.54, 1.807) is 36.4 Å². The minimum Gasteiger partial charge on any atom is -0.462 e. The van der Waals surface area contributed by atoms with Crippen LogP contribution in [0.3, 0.4) is 0 Å². The van der Waals surface area contributed by atoms with E-state index in [2.05, 4.69) is 16.0 Å². The molecule has 0 radical (unpaired) electrons. The van der Waals surface area contributed by atoms with Crippen molar-refractivity contribution in [2.45, 2.75) is 63.8 Å².